The molecule has 0 aliphatic carbocycles. The second kappa shape index (κ2) is 6.22. The van der Waals surface area contributed by atoms with Crippen LogP contribution in [0.5, 0.6) is 0 Å². The number of alkyl halides is 2. The van der Waals surface area contributed by atoms with Gasteiger partial charge in [-0.25, -0.2) is 8.78 Å². The minimum atomic E-state index is -2.80. The molecule has 0 aliphatic heterocycles. The predicted octanol–water partition coefficient (Wildman–Crippen LogP) is 2.63. The highest BCUT2D eigenvalue weighted by Crippen LogP contribution is 2.29. The molecule has 1 aromatic heterocycles. The largest absolute Gasteiger partial charge is 0.387 e. The van der Waals surface area contributed by atoms with Crippen LogP contribution in [0.2, 0.25) is 0 Å². The van der Waals surface area contributed by atoms with Crippen molar-refractivity contribution in [2.45, 2.75) is 52.6 Å². The SMILES string of the molecule is CC(C)C(c1noc(CC(O)C(F)F)n1)C(C)C. The van der Waals surface area contributed by atoms with Gasteiger partial charge in [-0.2, -0.15) is 4.98 Å². The van der Waals surface area contributed by atoms with Crippen molar-refractivity contribution in [2.75, 3.05) is 0 Å². The van der Waals surface area contributed by atoms with Crippen LogP contribution in [-0.4, -0.2) is 27.8 Å². The van der Waals surface area contributed by atoms with Gasteiger partial charge in [-0.1, -0.05) is 32.9 Å². The molecular formula is C12H20F2N2O2. The van der Waals surface area contributed by atoms with Crippen molar-refractivity contribution in [1.29, 1.82) is 0 Å². The molecule has 1 unspecified atom stereocenters. The van der Waals surface area contributed by atoms with Crippen molar-refractivity contribution < 1.29 is 18.4 Å². The Kier molecular flexibility index (Phi) is 5.19. The van der Waals surface area contributed by atoms with Gasteiger partial charge in [0.15, 0.2) is 5.82 Å². The first-order valence-electron chi connectivity index (χ1n) is 6.11. The van der Waals surface area contributed by atoms with Gasteiger partial charge in [-0.3, -0.25) is 0 Å². The summed E-state index contributed by atoms with van der Waals surface area (Å²) in [5, 5.41) is 12.9. The maximum atomic E-state index is 12.2. The van der Waals surface area contributed by atoms with Gasteiger partial charge in [0, 0.05) is 5.92 Å². The standard InChI is InChI=1S/C12H20F2N2O2/c1-6(2)10(7(3)4)12-15-9(18-16-12)5-8(17)11(13)14/h6-8,10-11,17H,5H2,1-4H3. The summed E-state index contributed by atoms with van der Waals surface area (Å²) in [7, 11) is 0. The van der Waals surface area contributed by atoms with Crippen molar-refractivity contribution in [3.8, 4) is 0 Å². The molecule has 1 heterocycles. The molecular weight excluding hydrogens is 242 g/mol. The lowest BCUT2D eigenvalue weighted by molar-refractivity contribution is -0.00754. The number of halogens is 2. The lowest BCUT2D eigenvalue weighted by Gasteiger charge is -2.20. The summed E-state index contributed by atoms with van der Waals surface area (Å²) in [5.41, 5.74) is 0. The van der Waals surface area contributed by atoms with Crippen molar-refractivity contribution in [3.05, 3.63) is 11.7 Å². The van der Waals surface area contributed by atoms with Crippen LogP contribution in [0.15, 0.2) is 4.52 Å². The van der Waals surface area contributed by atoms with Crippen molar-refractivity contribution in [2.24, 2.45) is 11.8 Å². The van der Waals surface area contributed by atoms with E-state index in [1.165, 1.54) is 0 Å². The number of aliphatic hydroxyl groups excluding tert-OH is 1. The van der Waals surface area contributed by atoms with Crippen LogP contribution in [0.1, 0.15) is 45.3 Å². The van der Waals surface area contributed by atoms with Crippen LogP contribution < -0.4 is 0 Å². The second-order valence-electron chi connectivity index (χ2n) is 5.17. The number of nitrogens with zero attached hydrogens (tertiary/aromatic N) is 2. The van der Waals surface area contributed by atoms with Gasteiger partial charge in [0.25, 0.3) is 6.43 Å². The minimum Gasteiger partial charge on any atom is -0.387 e. The Balaban J connectivity index is 2.78. The van der Waals surface area contributed by atoms with Crippen LogP contribution >= 0.6 is 0 Å². The summed E-state index contributed by atoms with van der Waals surface area (Å²) in [6, 6.07) is 0. The molecule has 18 heavy (non-hydrogen) atoms. The van der Waals surface area contributed by atoms with Gasteiger partial charge in [0.2, 0.25) is 5.89 Å². The monoisotopic (exact) mass is 262 g/mol. The number of aliphatic hydroxyl groups is 1. The first-order chi connectivity index (χ1) is 8.32. The minimum absolute atomic E-state index is 0.0594. The van der Waals surface area contributed by atoms with E-state index in [-0.39, 0.29) is 18.2 Å². The molecule has 0 bridgehead atoms. The highest BCUT2D eigenvalue weighted by atomic mass is 19.3. The Labute approximate surface area is 105 Å². The summed E-state index contributed by atoms with van der Waals surface area (Å²) in [5.74, 6) is 1.36. The average Bonchev–Trinajstić information content (AvgIpc) is 2.64. The second-order valence-corrected chi connectivity index (χ2v) is 5.17. The highest BCUT2D eigenvalue weighted by Gasteiger charge is 2.26. The summed E-state index contributed by atoms with van der Waals surface area (Å²) < 4.78 is 29.3. The molecule has 0 aromatic carbocycles. The Hall–Kier alpha value is -1.04. The lowest BCUT2D eigenvalue weighted by Crippen LogP contribution is -2.20. The Morgan fingerprint density at radius 1 is 1.17 bits per heavy atom. The third-order valence-corrected chi connectivity index (χ3v) is 2.89. The van der Waals surface area contributed by atoms with E-state index >= 15 is 0 Å². The number of hydrogen-bond acceptors (Lipinski definition) is 4. The highest BCUT2D eigenvalue weighted by molar-refractivity contribution is 4.99. The maximum absolute atomic E-state index is 12.2. The third kappa shape index (κ3) is 3.73. The molecule has 0 aliphatic rings. The molecule has 104 valence electrons. The molecule has 1 N–H and O–H groups in total. The zero-order chi connectivity index (χ0) is 13.9. The van der Waals surface area contributed by atoms with Gasteiger partial charge in [-0.15, -0.1) is 0 Å². The van der Waals surface area contributed by atoms with E-state index in [4.69, 9.17) is 9.63 Å². The maximum Gasteiger partial charge on any atom is 0.264 e. The van der Waals surface area contributed by atoms with E-state index in [0.717, 1.165) is 0 Å². The Morgan fingerprint density at radius 3 is 2.17 bits per heavy atom. The van der Waals surface area contributed by atoms with E-state index in [2.05, 4.69) is 37.8 Å². The fourth-order valence-corrected chi connectivity index (χ4v) is 2.12. The van der Waals surface area contributed by atoms with Crippen LogP contribution in [0.4, 0.5) is 8.78 Å². The average molecular weight is 262 g/mol. The Bertz CT molecular complexity index is 359. The van der Waals surface area contributed by atoms with Gasteiger partial charge >= 0.3 is 0 Å². The molecule has 0 saturated heterocycles. The number of rotatable bonds is 6. The number of hydrogen-bond donors (Lipinski definition) is 1. The lowest BCUT2D eigenvalue weighted by atomic mass is 9.85. The summed E-state index contributed by atoms with van der Waals surface area (Å²) in [6.45, 7) is 8.20. The van der Waals surface area contributed by atoms with E-state index in [1.807, 2.05) is 0 Å². The van der Waals surface area contributed by atoms with E-state index in [0.29, 0.717) is 17.7 Å². The molecule has 1 rings (SSSR count). The molecule has 4 nitrogen and oxygen atoms in total. The van der Waals surface area contributed by atoms with E-state index in [9.17, 15) is 8.78 Å². The fraction of sp³-hybridized carbons (Fsp3) is 0.833. The van der Waals surface area contributed by atoms with Gasteiger partial charge in [0.1, 0.15) is 6.10 Å². The Morgan fingerprint density at radius 2 is 1.72 bits per heavy atom. The van der Waals surface area contributed by atoms with E-state index < -0.39 is 12.5 Å². The third-order valence-electron chi connectivity index (χ3n) is 2.89. The molecule has 0 amide bonds. The summed E-state index contributed by atoms with van der Waals surface area (Å²) in [6.07, 6.45) is -4.87. The van der Waals surface area contributed by atoms with Crippen LogP contribution in [0.3, 0.4) is 0 Å². The topological polar surface area (TPSA) is 59.2 Å². The zero-order valence-corrected chi connectivity index (χ0v) is 11.1. The molecule has 0 fully saturated rings. The first kappa shape index (κ1) is 15.0. The molecule has 0 radical (unpaired) electrons. The quantitative estimate of drug-likeness (QED) is 0.856. The van der Waals surface area contributed by atoms with Gasteiger partial charge in [0.05, 0.1) is 6.42 Å². The van der Waals surface area contributed by atoms with Crippen molar-refractivity contribution >= 4 is 0 Å². The predicted molar refractivity (Wildman–Crippen MR) is 62.4 cm³/mol. The van der Waals surface area contributed by atoms with Crippen LogP contribution in [-0.2, 0) is 6.42 Å². The first-order valence-corrected chi connectivity index (χ1v) is 6.11. The normalized spacial score (nSPS) is 14.2. The van der Waals surface area contributed by atoms with Crippen molar-refractivity contribution in [1.82, 2.24) is 10.1 Å². The molecule has 0 spiro atoms. The van der Waals surface area contributed by atoms with E-state index in [1.54, 1.807) is 0 Å². The smallest absolute Gasteiger partial charge is 0.264 e. The van der Waals surface area contributed by atoms with Crippen molar-refractivity contribution in [3.63, 3.8) is 0 Å². The summed E-state index contributed by atoms with van der Waals surface area (Å²) >= 11 is 0. The fourth-order valence-electron chi connectivity index (χ4n) is 2.12. The van der Waals surface area contributed by atoms with Gasteiger partial charge < -0.3 is 9.63 Å². The van der Waals surface area contributed by atoms with Gasteiger partial charge in [-0.05, 0) is 11.8 Å². The molecule has 0 saturated carbocycles. The van der Waals surface area contributed by atoms with Crippen LogP contribution in [0, 0.1) is 11.8 Å². The summed E-state index contributed by atoms with van der Waals surface area (Å²) in [4.78, 5) is 4.10. The van der Waals surface area contributed by atoms with Crippen LogP contribution in [0.25, 0.3) is 0 Å². The number of aromatic nitrogens is 2. The zero-order valence-electron chi connectivity index (χ0n) is 11.1. The molecule has 1 atom stereocenters. The molecule has 1 aromatic rings. The molecule has 6 heteroatoms.